The molecule has 3 aliphatic rings. The number of rotatable bonds is 5. The summed E-state index contributed by atoms with van der Waals surface area (Å²) in [6.07, 6.45) is 1.31. The molecule has 0 saturated heterocycles. The number of methoxy groups -OCH3 is 1. The van der Waals surface area contributed by atoms with E-state index in [1.165, 1.54) is 0 Å². The summed E-state index contributed by atoms with van der Waals surface area (Å²) in [6.45, 7) is 4.92. The van der Waals surface area contributed by atoms with Crippen LogP contribution in [-0.2, 0) is 11.4 Å². The zero-order chi connectivity index (χ0) is 24.9. The Morgan fingerprint density at radius 3 is 2.53 bits per heavy atom. The molecule has 0 radical (unpaired) electrons. The third kappa shape index (κ3) is 3.96. The number of anilines is 1. The molecule has 184 valence electrons. The first-order valence-corrected chi connectivity index (χ1v) is 12.2. The van der Waals surface area contributed by atoms with Gasteiger partial charge in [0, 0.05) is 35.4 Å². The van der Waals surface area contributed by atoms with Crippen LogP contribution in [0.3, 0.4) is 0 Å². The van der Waals surface area contributed by atoms with Crippen molar-refractivity contribution in [3.63, 3.8) is 0 Å². The topological polar surface area (TPSA) is 66.0 Å². The molecule has 1 atom stereocenters. The Hall–Kier alpha value is -3.93. The molecule has 0 spiro atoms. The molecule has 2 aliphatic heterocycles. The summed E-state index contributed by atoms with van der Waals surface area (Å²) in [5.41, 5.74) is 5.69. The second kappa shape index (κ2) is 8.63. The number of ketones is 1. The van der Waals surface area contributed by atoms with E-state index in [1.54, 1.807) is 7.11 Å². The van der Waals surface area contributed by atoms with Gasteiger partial charge >= 0.3 is 0 Å². The molecular formula is C30H29NO5. The normalized spacial score (nSPS) is 19.3. The van der Waals surface area contributed by atoms with Gasteiger partial charge in [-0.15, -0.1) is 0 Å². The van der Waals surface area contributed by atoms with Crippen molar-refractivity contribution >= 4 is 11.5 Å². The van der Waals surface area contributed by atoms with Crippen molar-refractivity contribution in [1.29, 1.82) is 0 Å². The number of carbonyl (C=O) groups excluding carboxylic acids is 1. The molecule has 6 rings (SSSR count). The highest BCUT2D eigenvalue weighted by atomic mass is 16.7. The number of carbonyl (C=O) groups is 1. The quantitative estimate of drug-likeness (QED) is 0.466. The van der Waals surface area contributed by atoms with E-state index in [0.717, 1.165) is 40.1 Å². The minimum absolute atomic E-state index is 0.103. The lowest BCUT2D eigenvalue weighted by molar-refractivity contribution is -0.118. The number of Topliss-reactive ketones (excluding diaryl/α,β-unsaturated/α-hetero) is 1. The fraction of sp³-hybridized carbons (Fsp3) is 0.300. The smallest absolute Gasteiger partial charge is 0.231 e. The molecule has 0 aromatic heterocycles. The molecule has 36 heavy (non-hydrogen) atoms. The van der Waals surface area contributed by atoms with Crippen LogP contribution >= 0.6 is 0 Å². The highest BCUT2D eigenvalue weighted by molar-refractivity contribution is 6.01. The standard InChI is InChI=1S/C30H29NO5/c1-30(2)14-22-29(23(32)15-30)28(20-12-26-27(36-17-35-26)13-21(20)31-22)19-9-10-24(25(11-19)33-3)34-16-18-7-5-4-6-8-18/h4-13,28,31H,14-17H2,1-3H3. The van der Waals surface area contributed by atoms with Crippen molar-refractivity contribution in [1.82, 2.24) is 0 Å². The fourth-order valence-corrected chi connectivity index (χ4v) is 5.47. The van der Waals surface area contributed by atoms with Crippen LogP contribution in [0.2, 0.25) is 0 Å². The Bertz CT molecular complexity index is 1380. The van der Waals surface area contributed by atoms with E-state index in [2.05, 4.69) is 19.2 Å². The van der Waals surface area contributed by atoms with Gasteiger partial charge in [0.1, 0.15) is 6.61 Å². The van der Waals surface area contributed by atoms with Crippen molar-refractivity contribution in [2.75, 3.05) is 19.2 Å². The maximum atomic E-state index is 13.5. The van der Waals surface area contributed by atoms with Gasteiger partial charge in [0.2, 0.25) is 6.79 Å². The Labute approximate surface area is 210 Å². The van der Waals surface area contributed by atoms with Gasteiger partial charge in [0.15, 0.2) is 28.8 Å². The first kappa shape index (κ1) is 22.5. The van der Waals surface area contributed by atoms with Gasteiger partial charge in [-0.1, -0.05) is 50.2 Å². The highest BCUT2D eigenvalue weighted by Gasteiger charge is 2.41. The monoisotopic (exact) mass is 483 g/mol. The molecule has 1 aliphatic carbocycles. The number of fused-ring (bicyclic) bond motifs is 2. The molecular weight excluding hydrogens is 454 g/mol. The van der Waals surface area contributed by atoms with Gasteiger partial charge in [0.05, 0.1) is 7.11 Å². The van der Waals surface area contributed by atoms with E-state index in [-0.39, 0.29) is 23.9 Å². The Balaban J connectivity index is 1.42. The minimum atomic E-state index is -0.244. The van der Waals surface area contributed by atoms with E-state index in [9.17, 15) is 4.79 Å². The number of hydrogen-bond acceptors (Lipinski definition) is 6. The van der Waals surface area contributed by atoms with E-state index in [1.807, 2.05) is 60.7 Å². The van der Waals surface area contributed by atoms with Gasteiger partial charge in [0.25, 0.3) is 0 Å². The molecule has 6 heteroatoms. The largest absolute Gasteiger partial charge is 0.493 e. The summed E-state index contributed by atoms with van der Waals surface area (Å²) in [6, 6.07) is 20.0. The van der Waals surface area contributed by atoms with E-state index < -0.39 is 0 Å². The number of hydrogen-bond donors (Lipinski definition) is 1. The lowest BCUT2D eigenvalue weighted by Crippen LogP contribution is -2.33. The summed E-state index contributed by atoms with van der Waals surface area (Å²) >= 11 is 0. The van der Waals surface area contributed by atoms with Crippen LogP contribution < -0.4 is 24.3 Å². The van der Waals surface area contributed by atoms with E-state index >= 15 is 0 Å². The van der Waals surface area contributed by atoms with Crippen LogP contribution in [0.25, 0.3) is 0 Å². The lowest BCUT2D eigenvalue weighted by Gasteiger charge is -2.39. The number of allylic oxidation sites excluding steroid dienone is 2. The second-order valence-corrected chi connectivity index (χ2v) is 10.4. The van der Waals surface area contributed by atoms with Crippen LogP contribution in [0.15, 0.2) is 71.9 Å². The average Bonchev–Trinajstić information content (AvgIpc) is 3.32. The van der Waals surface area contributed by atoms with Gasteiger partial charge in [-0.2, -0.15) is 0 Å². The fourth-order valence-electron chi connectivity index (χ4n) is 5.47. The maximum absolute atomic E-state index is 13.5. The Morgan fingerprint density at radius 1 is 0.972 bits per heavy atom. The molecule has 6 nitrogen and oxygen atoms in total. The van der Waals surface area contributed by atoms with Crippen molar-refractivity contribution in [3.05, 3.63) is 88.6 Å². The minimum Gasteiger partial charge on any atom is -0.493 e. The molecule has 0 fully saturated rings. The first-order valence-electron chi connectivity index (χ1n) is 12.2. The summed E-state index contributed by atoms with van der Waals surface area (Å²) < 4.78 is 23.1. The van der Waals surface area contributed by atoms with Gasteiger partial charge in [-0.3, -0.25) is 4.79 Å². The first-order chi connectivity index (χ1) is 17.4. The number of ether oxygens (including phenoxy) is 4. The highest BCUT2D eigenvalue weighted by Crippen LogP contribution is 2.52. The predicted molar refractivity (Wildman–Crippen MR) is 137 cm³/mol. The average molecular weight is 484 g/mol. The summed E-state index contributed by atoms with van der Waals surface area (Å²) in [5, 5.41) is 3.56. The Kier molecular flexibility index (Phi) is 5.40. The zero-order valence-corrected chi connectivity index (χ0v) is 20.7. The number of benzene rings is 3. The summed E-state index contributed by atoms with van der Waals surface area (Å²) in [7, 11) is 1.64. The van der Waals surface area contributed by atoms with Crippen LogP contribution in [0, 0.1) is 5.41 Å². The molecule has 0 saturated carbocycles. The molecule has 0 amide bonds. The van der Waals surface area contributed by atoms with Crippen molar-refractivity contribution in [2.24, 2.45) is 5.41 Å². The van der Waals surface area contributed by atoms with Crippen molar-refractivity contribution in [3.8, 4) is 23.0 Å². The van der Waals surface area contributed by atoms with Gasteiger partial charge in [-0.05, 0) is 46.7 Å². The van der Waals surface area contributed by atoms with E-state index in [4.69, 9.17) is 18.9 Å². The Morgan fingerprint density at radius 2 is 1.75 bits per heavy atom. The third-order valence-electron chi connectivity index (χ3n) is 7.11. The molecule has 3 aromatic carbocycles. The van der Waals surface area contributed by atoms with Crippen LogP contribution in [0.4, 0.5) is 5.69 Å². The van der Waals surface area contributed by atoms with Crippen molar-refractivity contribution < 1.29 is 23.7 Å². The predicted octanol–water partition coefficient (Wildman–Crippen LogP) is 6.20. The second-order valence-electron chi connectivity index (χ2n) is 10.4. The van der Waals surface area contributed by atoms with Gasteiger partial charge in [-0.25, -0.2) is 0 Å². The molecule has 2 heterocycles. The van der Waals surface area contributed by atoms with Crippen LogP contribution in [0.5, 0.6) is 23.0 Å². The zero-order valence-electron chi connectivity index (χ0n) is 20.7. The van der Waals surface area contributed by atoms with E-state index in [0.29, 0.717) is 36.0 Å². The molecule has 0 bridgehead atoms. The van der Waals surface area contributed by atoms with Gasteiger partial charge < -0.3 is 24.3 Å². The third-order valence-corrected chi connectivity index (χ3v) is 7.11. The summed E-state index contributed by atoms with van der Waals surface area (Å²) in [4.78, 5) is 13.5. The number of nitrogens with one attached hydrogen (secondary N) is 1. The summed E-state index contributed by atoms with van der Waals surface area (Å²) in [5.74, 6) is 2.64. The lowest BCUT2D eigenvalue weighted by atomic mass is 9.68. The SMILES string of the molecule is COc1cc(C2C3=C(CC(C)(C)CC3=O)Nc3cc4c(cc32)OCO4)ccc1OCc1ccccc1. The molecule has 1 unspecified atom stereocenters. The maximum Gasteiger partial charge on any atom is 0.231 e. The molecule has 1 N–H and O–H groups in total. The van der Waals surface area contributed by atoms with Crippen LogP contribution in [0.1, 0.15) is 49.3 Å². The molecule has 3 aromatic rings. The van der Waals surface area contributed by atoms with Crippen LogP contribution in [-0.4, -0.2) is 19.7 Å². The van der Waals surface area contributed by atoms with Crippen molar-refractivity contribution in [2.45, 2.75) is 39.2 Å².